The highest BCUT2D eigenvalue weighted by Gasteiger charge is 2.24. The molecule has 1 aromatic carbocycles. The summed E-state index contributed by atoms with van der Waals surface area (Å²) in [7, 11) is 0. The van der Waals surface area contributed by atoms with Gasteiger partial charge in [-0.25, -0.2) is 9.50 Å². The molecule has 4 rings (SSSR count). The average Bonchev–Trinajstić information content (AvgIpc) is 3.17. The van der Waals surface area contributed by atoms with Crippen LogP contribution in [0.3, 0.4) is 0 Å². The molecule has 3 heterocycles. The Hall–Kier alpha value is -2.89. The number of hydrogen-bond donors (Lipinski definition) is 0. The molecule has 3 aromatic rings. The van der Waals surface area contributed by atoms with Gasteiger partial charge in [-0.2, -0.15) is 5.10 Å². The van der Waals surface area contributed by atoms with Crippen molar-refractivity contribution >= 4 is 17.2 Å². The van der Waals surface area contributed by atoms with Crippen LogP contribution in [0.2, 0.25) is 0 Å². The van der Waals surface area contributed by atoms with Crippen LogP contribution in [0.4, 0.5) is 5.69 Å². The first-order valence-electron chi connectivity index (χ1n) is 9.52. The van der Waals surface area contributed by atoms with Crippen molar-refractivity contribution in [1.82, 2.24) is 19.5 Å². The van der Waals surface area contributed by atoms with Crippen LogP contribution in [0.1, 0.15) is 34.2 Å². The number of fused-ring (bicyclic) bond motifs is 1. The van der Waals surface area contributed by atoms with E-state index in [0.717, 1.165) is 30.9 Å². The van der Waals surface area contributed by atoms with E-state index in [9.17, 15) is 4.79 Å². The topological polar surface area (TPSA) is 53.7 Å². The molecule has 0 spiro atoms. The standard InChI is InChI=1S/C21H25N5O/c1-4-17-14-18(23-20-7-8-22-26(17)20)21(27)25-11-9-24(10-12-25)19-13-15(2)5-6-16(19)3/h5-8,13-14H,4,9-12H2,1-3H3. The Morgan fingerprint density at radius 3 is 2.59 bits per heavy atom. The van der Waals surface area contributed by atoms with Gasteiger partial charge in [0, 0.05) is 43.6 Å². The molecular weight excluding hydrogens is 338 g/mol. The van der Waals surface area contributed by atoms with Gasteiger partial charge < -0.3 is 9.80 Å². The van der Waals surface area contributed by atoms with E-state index in [4.69, 9.17) is 0 Å². The van der Waals surface area contributed by atoms with Crippen LogP contribution in [0.25, 0.3) is 5.65 Å². The third kappa shape index (κ3) is 3.27. The van der Waals surface area contributed by atoms with Crippen molar-refractivity contribution in [1.29, 1.82) is 0 Å². The molecule has 0 radical (unpaired) electrons. The van der Waals surface area contributed by atoms with Crippen LogP contribution < -0.4 is 4.90 Å². The molecule has 140 valence electrons. The number of nitrogens with zero attached hydrogens (tertiary/aromatic N) is 5. The molecule has 1 fully saturated rings. The van der Waals surface area contributed by atoms with Gasteiger partial charge in [-0.1, -0.05) is 19.1 Å². The summed E-state index contributed by atoms with van der Waals surface area (Å²) in [4.78, 5) is 21.8. The second-order valence-electron chi connectivity index (χ2n) is 7.16. The molecule has 6 nitrogen and oxygen atoms in total. The summed E-state index contributed by atoms with van der Waals surface area (Å²) < 4.78 is 1.80. The second kappa shape index (κ2) is 7.02. The van der Waals surface area contributed by atoms with Gasteiger partial charge in [0.25, 0.3) is 5.91 Å². The molecule has 0 bridgehead atoms. The van der Waals surface area contributed by atoms with Crippen molar-refractivity contribution < 1.29 is 4.79 Å². The molecule has 27 heavy (non-hydrogen) atoms. The molecule has 1 amide bonds. The fraction of sp³-hybridized carbons (Fsp3) is 0.381. The lowest BCUT2D eigenvalue weighted by atomic mass is 10.1. The summed E-state index contributed by atoms with van der Waals surface area (Å²) in [6.07, 6.45) is 2.53. The summed E-state index contributed by atoms with van der Waals surface area (Å²) in [5.41, 5.74) is 6.06. The molecule has 1 aliphatic heterocycles. The smallest absolute Gasteiger partial charge is 0.272 e. The van der Waals surface area contributed by atoms with Gasteiger partial charge in [-0.3, -0.25) is 4.79 Å². The van der Waals surface area contributed by atoms with Gasteiger partial charge in [0.2, 0.25) is 0 Å². The maximum atomic E-state index is 13.0. The predicted octanol–water partition coefficient (Wildman–Crippen LogP) is 2.87. The summed E-state index contributed by atoms with van der Waals surface area (Å²) in [5.74, 6) is 0.00835. The van der Waals surface area contributed by atoms with Crippen molar-refractivity contribution in [3.05, 3.63) is 59.0 Å². The zero-order valence-electron chi connectivity index (χ0n) is 16.1. The van der Waals surface area contributed by atoms with E-state index in [2.05, 4.69) is 54.0 Å². The maximum absolute atomic E-state index is 13.0. The van der Waals surface area contributed by atoms with Crippen LogP contribution in [0.15, 0.2) is 36.5 Å². The number of aromatic nitrogens is 3. The molecule has 0 N–H and O–H groups in total. The monoisotopic (exact) mass is 363 g/mol. The Balaban J connectivity index is 1.51. The normalized spacial score (nSPS) is 14.8. The first-order valence-corrected chi connectivity index (χ1v) is 9.52. The zero-order chi connectivity index (χ0) is 19.0. The largest absolute Gasteiger partial charge is 0.368 e. The number of carbonyl (C=O) groups is 1. The number of rotatable bonds is 3. The van der Waals surface area contributed by atoms with Crippen molar-refractivity contribution in [3.63, 3.8) is 0 Å². The van der Waals surface area contributed by atoms with Crippen LogP contribution in [0, 0.1) is 13.8 Å². The molecule has 1 saturated heterocycles. The Morgan fingerprint density at radius 1 is 1.07 bits per heavy atom. The molecule has 0 aliphatic carbocycles. The SMILES string of the molecule is CCc1cc(C(=O)N2CCN(c3cc(C)ccc3C)CC2)nc2ccnn12. The molecule has 0 atom stereocenters. The highest BCUT2D eigenvalue weighted by molar-refractivity contribution is 5.93. The van der Waals surface area contributed by atoms with Crippen molar-refractivity contribution in [2.45, 2.75) is 27.2 Å². The Kier molecular flexibility index (Phi) is 4.56. The van der Waals surface area contributed by atoms with Gasteiger partial charge >= 0.3 is 0 Å². The van der Waals surface area contributed by atoms with E-state index in [1.165, 1.54) is 16.8 Å². The Labute approximate surface area is 159 Å². The minimum atomic E-state index is 0.00835. The van der Waals surface area contributed by atoms with E-state index in [0.29, 0.717) is 18.8 Å². The minimum absolute atomic E-state index is 0.00835. The van der Waals surface area contributed by atoms with Gasteiger partial charge in [-0.05, 0) is 43.5 Å². The van der Waals surface area contributed by atoms with Crippen LogP contribution in [-0.4, -0.2) is 51.6 Å². The van der Waals surface area contributed by atoms with E-state index < -0.39 is 0 Å². The molecule has 6 heteroatoms. The number of benzene rings is 1. The second-order valence-corrected chi connectivity index (χ2v) is 7.16. The minimum Gasteiger partial charge on any atom is -0.368 e. The number of carbonyl (C=O) groups excluding carboxylic acids is 1. The third-order valence-corrected chi connectivity index (χ3v) is 5.29. The summed E-state index contributed by atoms with van der Waals surface area (Å²) in [6.45, 7) is 9.42. The highest BCUT2D eigenvalue weighted by Crippen LogP contribution is 2.23. The first-order chi connectivity index (χ1) is 13.1. The van der Waals surface area contributed by atoms with Crippen molar-refractivity contribution in [3.8, 4) is 0 Å². The lowest BCUT2D eigenvalue weighted by Gasteiger charge is -2.36. The van der Waals surface area contributed by atoms with E-state index >= 15 is 0 Å². The fourth-order valence-corrected chi connectivity index (χ4v) is 3.71. The number of amides is 1. The molecule has 0 unspecified atom stereocenters. The molecule has 0 saturated carbocycles. The van der Waals surface area contributed by atoms with Crippen LogP contribution in [-0.2, 0) is 6.42 Å². The highest BCUT2D eigenvalue weighted by atomic mass is 16.2. The van der Waals surface area contributed by atoms with E-state index in [-0.39, 0.29) is 5.91 Å². The van der Waals surface area contributed by atoms with Crippen LogP contribution in [0.5, 0.6) is 0 Å². The van der Waals surface area contributed by atoms with Crippen molar-refractivity contribution in [2.75, 3.05) is 31.1 Å². The zero-order valence-corrected chi connectivity index (χ0v) is 16.1. The fourth-order valence-electron chi connectivity index (χ4n) is 3.71. The molecular formula is C21H25N5O. The van der Waals surface area contributed by atoms with Crippen molar-refractivity contribution in [2.24, 2.45) is 0 Å². The maximum Gasteiger partial charge on any atom is 0.272 e. The quantitative estimate of drug-likeness (QED) is 0.718. The molecule has 2 aromatic heterocycles. The van der Waals surface area contributed by atoms with Crippen LogP contribution >= 0.6 is 0 Å². The average molecular weight is 363 g/mol. The van der Waals surface area contributed by atoms with E-state index in [1.807, 2.05) is 17.0 Å². The van der Waals surface area contributed by atoms with Gasteiger partial charge in [-0.15, -0.1) is 0 Å². The molecule has 1 aliphatic rings. The van der Waals surface area contributed by atoms with Gasteiger partial charge in [0.1, 0.15) is 5.69 Å². The summed E-state index contributed by atoms with van der Waals surface area (Å²) in [5, 5.41) is 4.28. The summed E-state index contributed by atoms with van der Waals surface area (Å²) in [6, 6.07) is 10.3. The summed E-state index contributed by atoms with van der Waals surface area (Å²) >= 11 is 0. The third-order valence-electron chi connectivity index (χ3n) is 5.29. The lowest BCUT2D eigenvalue weighted by Crippen LogP contribution is -2.49. The predicted molar refractivity (Wildman–Crippen MR) is 106 cm³/mol. The van der Waals surface area contributed by atoms with Gasteiger partial charge in [0.15, 0.2) is 5.65 Å². The number of hydrogen-bond acceptors (Lipinski definition) is 4. The van der Waals surface area contributed by atoms with Gasteiger partial charge in [0.05, 0.1) is 6.20 Å². The Morgan fingerprint density at radius 2 is 1.85 bits per heavy atom. The number of aryl methyl sites for hydroxylation is 3. The number of piperazine rings is 1. The lowest BCUT2D eigenvalue weighted by molar-refractivity contribution is 0.0741. The first kappa shape index (κ1) is 17.5. The number of anilines is 1. The Bertz CT molecular complexity index is 985. The van der Waals surface area contributed by atoms with E-state index in [1.54, 1.807) is 10.7 Å².